The molecule has 0 saturated carbocycles. The number of benzene rings is 3. The van der Waals surface area contributed by atoms with Gasteiger partial charge in [-0.15, -0.1) is 0 Å². The molecule has 0 radical (unpaired) electrons. The molecule has 8 nitrogen and oxygen atoms in total. The number of fused-ring (bicyclic) bond motifs is 2. The molecule has 2 heterocycles. The second-order valence-electron chi connectivity index (χ2n) is 7.37. The van der Waals surface area contributed by atoms with Gasteiger partial charge < -0.3 is 13.9 Å². The number of hydrogen-bond acceptors (Lipinski definition) is 7. The number of furan rings is 1. The Hall–Kier alpha value is -4.72. The van der Waals surface area contributed by atoms with E-state index in [9.17, 15) is 9.59 Å². The third-order valence-electron chi connectivity index (χ3n) is 5.20. The van der Waals surface area contributed by atoms with E-state index in [4.69, 9.17) is 9.15 Å². The lowest BCUT2D eigenvalue weighted by molar-refractivity contribution is -0.142. The Bertz CT molecular complexity index is 1570. The number of hydrogen-bond donors (Lipinski definition) is 0. The van der Waals surface area contributed by atoms with Gasteiger partial charge in [0.1, 0.15) is 11.3 Å². The number of carbonyl (C=O) groups is 1. The quantitative estimate of drug-likeness (QED) is 0.282. The molecule has 5 aromatic rings. The Labute approximate surface area is 193 Å². The number of nitrogens with zero attached hydrogens (tertiary/aromatic N) is 3. The SMILES string of the molecule is COC(=O)COc1ccccc1C=Nn1c(-c2cc3ccccc3o2)nc2ccccc2c1=O. The molecular formula is C26H19N3O5. The van der Waals surface area contributed by atoms with E-state index >= 15 is 0 Å². The third kappa shape index (κ3) is 4.04. The molecule has 0 aliphatic carbocycles. The zero-order valence-corrected chi connectivity index (χ0v) is 18.2. The van der Waals surface area contributed by atoms with Crippen LogP contribution in [0, 0.1) is 0 Å². The molecule has 0 aliphatic rings. The minimum absolute atomic E-state index is 0.247. The Morgan fingerprint density at radius 1 is 1.06 bits per heavy atom. The lowest BCUT2D eigenvalue weighted by Crippen LogP contribution is -2.20. The van der Waals surface area contributed by atoms with Crippen molar-refractivity contribution in [3.05, 3.63) is 94.8 Å². The number of aromatic nitrogens is 2. The molecule has 0 unspecified atom stereocenters. The summed E-state index contributed by atoms with van der Waals surface area (Å²) in [7, 11) is 1.29. The minimum atomic E-state index is -0.506. The Morgan fingerprint density at radius 3 is 2.68 bits per heavy atom. The molecule has 0 N–H and O–H groups in total. The van der Waals surface area contributed by atoms with Crippen LogP contribution in [0.1, 0.15) is 5.56 Å². The molecule has 2 aromatic heterocycles. The molecule has 0 saturated heterocycles. The molecule has 0 amide bonds. The lowest BCUT2D eigenvalue weighted by atomic mass is 10.2. The van der Waals surface area contributed by atoms with Gasteiger partial charge in [-0.3, -0.25) is 4.79 Å². The van der Waals surface area contributed by atoms with Crippen molar-refractivity contribution in [1.82, 2.24) is 9.66 Å². The van der Waals surface area contributed by atoms with Crippen LogP contribution in [0.25, 0.3) is 33.5 Å². The van der Waals surface area contributed by atoms with Gasteiger partial charge in [0.25, 0.3) is 5.56 Å². The Morgan fingerprint density at radius 2 is 1.82 bits per heavy atom. The van der Waals surface area contributed by atoms with Crippen LogP contribution < -0.4 is 10.3 Å². The number of carbonyl (C=O) groups excluding carboxylic acids is 1. The third-order valence-corrected chi connectivity index (χ3v) is 5.20. The Kier molecular flexibility index (Phi) is 5.61. The van der Waals surface area contributed by atoms with E-state index in [0.717, 1.165) is 5.39 Å². The van der Waals surface area contributed by atoms with E-state index in [1.54, 1.807) is 42.5 Å². The zero-order valence-electron chi connectivity index (χ0n) is 18.2. The predicted octanol–water partition coefficient (Wildman–Crippen LogP) is 4.24. The average molecular weight is 453 g/mol. The first kappa shape index (κ1) is 21.1. The fraction of sp³-hybridized carbons (Fsp3) is 0.0769. The van der Waals surface area contributed by atoms with Crippen molar-refractivity contribution in [3.8, 4) is 17.3 Å². The van der Waals surface area contributed by atoms with E-state index in [-0.39, 0.29) is 18.0 Å². The van der Waals surface area contributed by atoms with E-state index < -0.39 is 5.97 Å². The van der Waals surface area contributed by atoms with Crippen molar-refractivity contribution < 1.29 is 18.7 Å². The van der Waals surface area contributed by atoms with Gasteiger partial charge >= 0.3 is 5.97 Å². The fourth-order valence-electron chi connectivity index (χ4n) is 3.52. The lowest BCUT2D eigenvalue weighted by Gasteiger charge is -2.09. The van der Waals surface area contributed by atoms with Crippen LogP contribution in [-0.2, 0) is 9.53 Å². The number of para-hydroxylation sites is 3. The van der Waals surface area contributed by atoms with Gasteiger partial charge in [0.05, 0.1) is 24.2 Å². The van der Waals surface area contributed by atoms with Gasteiger partial charge in [0.2, 0.25) is 5.82 Å². The van der Waals surface area contributed by atoms with Crippen molar-refractivity contribution in [1.29, 1.82) is 0 Å². The van der Waals surface area contributed by atoms with Crippen molar-refractivity contribution >= 4 is 34.1 Å². The second-order valence-corrected chi connectivity index (χ2v) is 7.37. The highest BCUT2D eigenvalue weighted by Gasteiger charge is 2.16. The standard InChI is InChI=1S/C26H19N3O5/c1-32-24(30)16-33-21-12-6-3-9-18(21)15-27-29-25(23-14-17-8-2-7-13-22(17)34-23)28-20-11-5-4-10-19(20)26(29)31/h2-15H,16H2,1H3. The monoisotopic (exact) mass is 453 g/mol. The maximum Gasteiger partial charge on any atom is 0.343 e. The summed E-state index contributed by atoms with van der Waals surface area (Å²) in [6.07, 6.45) is 1.48. The summed E-state index contributed by atoms with van der Waals surface area (Å²) in [5.41, 5.74) is 1.44. The molecule has 34 heavy (non-hydrogen) atoms. The van der Waals surface area contributed by atoms with Crippen molar-refractivity contribution in [2.75, 3.05) is 13.7 Å². The number of rotatable bonds is 6. The molecule has 5 rings (SSSR count). The van der Waals surface area contributed by atoms with Crippen molar-refractivity contribution in [2.24, 2.45) is 5.10 Å². The first-order valence-electron chi connectivity index (χ1n) is 10.5. The topological polar surface area (TPSA) is 95.9 Å². The fourth-order valence-corrected chi connectivity index (χ4v) is 3.52. The number of methoxy groups -OCH3 is 1. The average Bonchev–Trinajstić information content (AvgIpc) is 3.31. The number of ether oxygens (including phenoxy) is 2. The summed E-state index contributed by atoms with van der Waals surface area (Å²) in [5.74, 6) is 0.595. The summed E-state index contributed by atoms with van der Waals surface area (Å²) in [6, 6.07) is 23.5. The van der Waals surface area contributed by atoms with Gasteiger partial charge in [-0.2, -0.15) is 9.78 Å². The van der Waals surface area contributed by atoms with E-state index in [1.807, 2.05) is 36.4 Å². The molecule has 0 bridgehead atoms. The minimum Gasteiger partial charge on any atom is -0.481 e. The van der Waals surface area contributed by atoms with Gasteiger partial charge in [-0.1, -0.05) is 42.5 Å². The van der Waals surface area contributed by atoms with Crippen LogP contribution >= 0.6 is 0 Å². The molecule has 168 valence electrons. The molecule has 0 aliphatic heterocycles. The molecule has 8 heteroatoms. The smallest absolute Gasteiger partial charge is 0.343 e. The molecule has 0 fully saturated rings. The van der Waals surface area contributed by atoms with Crippen LogP contribution in [0.15, 0.2) is 93.2 Å². The van der Waals surface area contributed by atoms with Crippen LogP contribution in [-0.4, -0.2) is 35.6 Å². The molecular weight excluding hydrogens is 434 g/mol. The van der Waals surface area contributed by atoms with Crippen LogP contribution in [0.5, 0.6) is 5.75 Å². The van der Waals surface area contributed by atoms with Gasteiger partial charge in [-0.05, 0) is 36.4 Å². The Balaban J connectivity index is 1.63. The number of esters is 1. The first-order chi connectivity index (χ1) is 16.6. The largest absolute Gasteiger partial charge is 0.481 e. The molecule has 0 atom stereocenters. The highest BCUT2D eigenvalue weighted by atomic mass is 16.6. The normalized spacial score (nSPS) is 11.3. The van der Waals surface area contributed by atoms with Crippen molar-refractivity contribution in [2.45, 2.75) is 0 Å². The second kappa shape index (κ2) is 9.03. The van der Waals surface area contributed by atoms with Gasteiger partial charge in [0.15, 0.2) is 12.4 Å². The summed E-state index contributed by atoms with van der Waals surface area (Å²) < 4.78 is 17.4. The summed E-state index contributed by atoms with van der Waals surface area (Å²) >= 11 is 0. The van der Waals surface area contributed by atoms with Gasteiger partial charge in [-0.25, -0.2) is 9.78 Å². The summed E-state index contributed by atoms with van der Waals surface area (Å²) in [6.45, 7) is -0.247. The summed E-state index contributed by atoms with van der Waals surface area (Å²) in [4.78, 5) is 29.5. The van der Waals surface area contributed by atoms with E-state index in [1.165, 1.54) is 18.0 Å². The van der Waals surface area contributed by atoms with Crippen LogP contribution in [0.2, 0.25) is 0 Å². The van der Waals surface area contributed by atoms with Crippen LogP contribution in [0.4, 0.5) is 0 Å². The van der Waals surface area contributed by atoms with Crippen molar-refractivity contribution in [3.63, 3.8) is 0 Å². The van der Waals surface area contributed by atoms with E-state index in [2.05, 4.69) is 14.8 Å². The predicted molar refractivity (Wildman–Crippen MR) is 128 cm³/mol. The first-order valence-corrected chi connectivity index (χ1v) is 10.5. The molecule has 0 spiro atoms. The zero-order chi connectivity index (χ0) is 23.5. The van der Waals surface area contributed by atoms with Gasteiger partial charge in [0, 0.05) is 10.9 Å². The molecule has 3 aromatic carbocycles. The summed E-state index contributed by atoms with van der Waals surface area (Å²) in [5, 5.41) is 5.75. The maximum absolute atomic E-state index is 13.4. The maximum atomic E-state index is 13.4. The van der Waals surface area contributed by atoms with Crippen LogP contribution in [0.3, 0.4) is 0 Å². The highest BCUT2D eigenvalue weighted by Crippen LogP contribution is 2.27. The highest BCUT2D eigenvalue weighted by molar-refractivity contribution is 5.86. The van der Waals surface area contributed by atoms with E-state index in [0.29, 0.717) is 33.6 Å².